The minimum atomic E-state index is -1.11. The van der Waals surface area contributed by atoms with E-state index < -0.39 is 17.9 Å². The topological polar surface area (TPSA) is 140 Å². The van der Waals surface area contributed by atoms with Crippen LogP contribution >= 0.6 is 0 Å². The lowest BCUT2D eigenvalue weighted by Crippen LogP contribution is -1.97. The maximum atomic E-state index is 11.3. The van der Waals surface area contributed by atoms with E-state index in [1.165, 1.54) is 72.8 Å². The number of carboxylic acid groups (broad SMARTS) is 3. The molecule has 0 saturated carbocycles. The second-order valence-electron chi connectivity index (χ2n) is 7.45. The number of benzene rings is 4. The van der Waals surface area contributed by atoms with Gasteiger partial charge in [-0.25, -0.2) is 14.4 Å². The summed E-state index contributed by atoms with van der Waals surface area (Å²) >= 11 is 0. The van der Waals surface area contributed by atoms with Crippen molar-refractivity contribution in [2.24, 2.45) is 0 Å². The molecule has 0 aliphatic rings. The highest BCUT2D eigenvalue weighted by atomic mass is 16.5. The van der Waals surface area contributed by atoms with E-state index >= 15 is 0 Å². The highest BCUT2D eigenvalue weighted by molar-refractivity contribution is 5.89. The monoisotopic (exact) mass is 486 g/mol. The summed E-state index contributed by atoms with van der Waals surface area (Å²) in [5.74, 6) is -1.90. The number of hydrogen-bond acceptors (Lipinski definition) is 6. The van der Waals surface area contributed by atoms with Gasteiger partial charge in [-0.15, -0.1) is 0 Å². The Bertz CT molecular complexity index is 1270. The third kappa shape index (κ3) is 5.97. The van der Waals surface area contributed by atoms with Gasteiger partial charge in [-0.1, -0.05) is 18.2 Å². The first-order chi connectivity index (χ1) is 17.3. The van der Waals surface area contributed by atoms with E-state index in [0.717, 1.165) is 0 Å². The average Bonchev–Trinajstić information content (AvgIpc) is 2.84. The molecule has 4 aromatic carbocycles. The van der Waals surface area contributed by atoms with E-state index in [0.29, 0.717) is 0 Å². The zero-order valence-corrected chi connectivity index (χ0v) is 18.5. The van der Waals surface area contributed by atoms with Gasteiger partial charge in [0, 0.05) is 18.2 Å². The Morgan fingerprint density at radius 2 is 0.694 bits per heavy atom. The molecular weight excluding hydrogens is 468 g/mol. The summed E-state index contributed by atoms with van der Waals surface area (Å²) in [4.78, 5) is 33.9. The van der Waals surface area contributed by atoms with Crippen LogP contribution in [0.1, 0.15) is 31.1 Å². The Morgan fingerprint density at radius 1 is 0.417 bits per heavy atom. The number of rotatable bonds is 9. The Kier molecular flexibility index (Phi) is 6.83. The Labute approximate surface area is 204 Å². The van der Waals surface area contributed by atoms with Gasteiger partial charge < -0.3 is 29.5 Å². The molecule has 180 valence electrons. The van der Waals surface area contributed by atoms with Gasteiger partial charge in [-0.05, 0) is 54.6 Å². The third-order valence-electron chi connectivity index (χ3n) is 4.80. The summed E-state index contributed by atoms with van der Waals surface area (Å²) in [6.07, 6.45) is 0. The van der Waals surface area contributed by atoms with Crippen LogP contribution in [0.25, 0.3) is 0 Å². The van der Waals surface area contributed by atoms with Crippen molar-refractivity contribution in [2.45, 2.75) is 0 Å². The van der Waals surface area contributed by atoms with Gasteiger partial charge >= 0.3 is 17.9 Å². The molecule has 36 heavy (non-hydrogen) atoms. The maximum Gasteiger partial charge on any atom is 0.335 e. The molecule has 0 bridgehead atoms. The van der Waals surface area contributed by atoms with Crippen LogP contribution < -0.4 is 14.2 Å². The van der Waals surface area contributed by atoms with Crippen LogP contribution in [-0.2, 0) is 0 Å². The quantitative estimate of drug-likeness (QED) is 0.254. The Hall–Kier alpha value is -5.31. The molecular formula is C27H18O9. The number of ether oxygens (including phenoxy) is 3. The number of carbonyl (C=O) groups is 3. The zero-order valence-electron chi connectivity index (χ0n) is 18.5. The minimum Gasteiger partial charge on any atom is -0.478 e. The molecule has 9 heteroatoms. The second-order valence-corrected chi connectivity index (χ2v) is 7.45. The van der Waals surface area contributed by atoms with Crippen molar-refractivity contribution >= 4 is 17.9 Å². The van der Waals surface area contributed by atoms with Crippen molar-refractivity contribution in [1.82, 2.24) is 0 Å². The number of carboxylic acids is 3. The molecule has 4 aromatic rings. The standard InChI is InChI=1S/C27H18O9/c28-25(29)16-4-1-7-19(10-16)34-22-13-23(35-20-8-2-5-17(11-20)26(30)31)15-24(14-22)36-21-9-3-6-18(12-21)27(32)33/h1-15H,(H,28,29)(H,30,31)(H,32,33). The molecule has 0 aromatic heterocycles. The van der Waals surface area contributed by atoms with E-state index in [9.17, 15) is 29.7 Å². The molecule has 0 atom stereocenters. The second kappa shape index (κ2) is 10.3. The van der Waals surface area contributed by atoms with Gasteiger partial charge in [0.05, 0.1) is 16.7 Å². The van der Waals surface area contributed by atoms with Crippen LogP contribution in [0.3, 0.4) is 0 Å². The van der Waals surface area contributed by atoms with Gasteiger partial charge in [-0.3, -0.25) is 0 Å². The van der Waals surface area contributed by atoms with E-state index in [1.54, 1.807) is 18.2 Å². The van der Waals surface area contributed by atoms with Gasteiger partial charge in [0.25, 0.3) is 0 Å². The lowest BCUT2D eigenvalue weighted by atomic mass is 10.2. The summed E-state index contributed by atoms with van der Waals surface area (Å²) < 4.78 is 17.5. The van der Waals surface area contributed by atoms with Crippen LogP contribution in [0, 0.1) is 0 Å². The predicted molar refractivity (Wildman–Crippen MR) is 127 cm³/mol. The molecule has 4 rings (SSSR count). The summed E-state index contributed by atoms with van der Waals surface area (Å²) in [5, 5.41) is 27.7. The molecule has 0 heterocycles. The van der Waals surface area contributed by atoms with Crippen LogP contribution in [0.2, 0.25) is 0 Å². The maximum absolute atomic E-state index is 11.3. The first-order valence-corrected chi connectivity index (χ1v) is 10.5. The Balaban J connectivity index is 1.69. The Morgan fingerprint density at radius 3 is 0.944 bits per heavy atom. The van der Waals surface area contributed by atoms with E-state index in [4.69, 9.17) is 14.2 Å². The van der Waals surface area contributed by atoms with Gasteiger partial charge in [0.1, 0.15) is 34.5 Å². The molecule has 9 nitrogen and oxygen atoms in total. The zero-order chi connectivity index (χ0) is 25.7. The molecule has 0 aliphatic carbocycles. The summed E-state index contributed by atoms with van der Waals surface area (Å²) in [5.41, 5.74) is 0.104. The fraction of sp³-hybridized carbons (Fsp3) is 0. The lowest BCUT2D eigenvalue weighted by molar-refractivity contribution is 0.0686. The summed E-state index contributed by atoms with van der Waals surface area (Å²) in [7, 11) is 0. The minimum absolute atomic E-state index is 0.0346. The normalized spacial score (nSPS) is 10.3. The number of hydrogen-bond donors (Lipinski definition) is 3. The molecule has 0 radical (unpaired) electrons. The average molecular weight is 486 g/mol. The molecule has 0 fully saturated rings. The van der Waals surface area contributed by atoms with Crippen LogP contribution in [0.5, 0.6) is 34.5 Å². The molecule has 3 N–H and O–H groups in total. The van der Waals surface area contributed by atoms with Crippen LogP contribution in [0.15, 0.2) is 91.0 Å². The van der Waals surface area contributed by atoms with Crippen molar-refractivity contribution in [3.8, 4) is 34.5 Å². The molecule has 0 spiro atoms. The van der Waals surface area contributed by atoms with Crippen molar-refractivity contribution in [1.29, 1.82) is 0 Å². The van der Waals surface area contributed by atoms with Gasteiger partial charge in [0.2, 0.25) is 0 Å². The SMILES string of the molecule is O=C(O)c1cccc(Oc2cc(Oc3cccc(C(=O)O)c3)cc(Oc3cccc(C(=O)O)c3)c2)c1. The van der Waals surface area contributed by atoms with Crippen molar-refractivity contribution in [2.75, 3.05) is 0 Å². The number of aromatic carboxylic acids is 3. The highest BCUT2D eigenvalue weighted by Gasteiger charge is 2.12. The van der Waals surface area contributed by atoms with Crippen LogP contribution in [-0.4, -0.2) is 33.2 Å². The predicted octanol–water partition coefficient (Wildman–Crippen LogP) is 6.16. The molecule has 0 unspecified atom stereocenters. The largest absolute Gasteiger partial charge is 0.478 e. The molecule has 0 amide bonds. The van der Waals surface area contributed by atoms with E-state index in [1.807, 2.05) is 0 Å². The third-order valence-corrected chi connectivity index (χ3v) is 4.80. The molecule has 0 aliphatic heterocycles. The van der Waals surface area contributed by atoms with Gasteiger partial charge in [-0.2, -0.15) is 0 Å². The fourth-order valence-electron chi connectivity index (χ4n) is 3.21. The van der Waals surface area contributed by atoms with Crippen LogP contribution in [0.4, 0.5) is 0 Å². The first kappa shape index (κ1) is 23.8. The smallest absolute Gasteiger partial charge is 0.335 e. The van der Waals surface area contributed by atoms with E-state index in [-0.39, 0.29) is 51.2 Å². The first-order valence-electron chi connectivity index (χ1n) is 10.5. The fourth-order valence-corrected chi connectivity index (χ4v) is 3.21. The summed E-state index contributed by atoms with van der Waals surface area (Å²) in [6.45, 7) is 0. The van der Waals surface area contributed by atoms with E-state index in [2.05, 4.69) is 0 Å². The van der Waals surface area contributed by atoms with Crippen molar-refractivity contribution < 1.29 is 43.9 Å². The van der Waals surface area contributed by atoms with Crippen molar-refractivity contribution in [3.05, 3.63) is 108 Å². The van der Waals surface area contributed by atoms with Gasteiger partial charge in [0.15, 0.2) is 0 Å². The van der Waals surface area contributed by atoms with Crippen molar-refractivity contribution in [3.63, 3.8) is 0 Å². The molecule has 0 saturated heterocycles. The summed E-state index contributed by atoms with van der Waals surface area (Å²) in [6, 6.07) is 22.2. The highest BCUT2D eigenvalue weighted by Crippen LogP contribution is 2.36. The lowest BCUT2D eigenvalue weighted by Gasteiger charge is -2.13.